The molecule has 1 saturated heterocycles. The summed E-state index contributed by atoms with van der Waals surface area (Å²) in [6, 6.07) is 9.15. The van der Waals surface area contributed by atoms with Crippen LogP contribution < -0.4 is 5.32 Å². The fourth-order valence-electron chi connectivity index (χ4n) is 2.51. The summed E-state index contributed by atoms with van der Waals surface area (Å²) in [5.41, 5.74) is 2.80. The van der Waals surface area contributed by atoms with Crippen molar-refractivity contribution in [2.75, 3.05) is 6.61 Å². The molecule has 2 aliphatic heterocycles. The van der Waals surface area contributed by atoms with Crippen molar-refractivity contribution >= 4 is 0 Å². The molecular formula is C12H15NO. The first-order valence-corrected chi connectivity index (χ1v) is 5.38. The van der Waals surface area contributed by atoms with E-state index in [0.717, 1.165) is 13.2 Å². The predicted molar refractivity (Wildman–Crippen MR) is 55.0 cm³/mol. The van der Waals surface area contributed by atoms with Crippen LogP contribution in [0.1, 0.15) is 30.1 Å². The number of hydrogen-bond donors (Lipinski definition) is 1. The van der Waals surface area contributed by atoms with Gasteiger partial charge in [-0.25, -0.2) is 0 Å². The van der Waals surface area contributed by atoms with E-state index in [1.165, 1.54) is 24.0 Å². The van der Waals surface area contributed by atoms with Crippen LogP contribution in [-0.2, 0) is 11.3 Å². The lowest BCUT2D eigenvalue weighted by Gasteiger charge is -2.37. The van der Waals surface area contributed by atoms with Gasteiger partial charge in [-0.3, -0.25) is 0 Å². The lowest BCUT2D eigenvalue weighted by atomic mass is 9.89. The molecule has 0 radical (unpaired) electrons. The molecule has 74 valence electrons. The van der Waals surface area contributed by atoms with Crippen molar-refractivity contribution in [3.63, 3.8) is 0 Å². The Morgan fingerprint density at radius 3 is 3.21 bits per heavy atom. The molecule has 2 aliphatic rings. The van der Waals surface area contributed by atoms with Gasteiger partial charge in [-0.15, -0.1) is 0 Å². The topological polar surface area (TPSA) is 21.3 Å². The Hall–Kier alpha value is -0.860. The maximum atomic E-state index is 5.85. The Balaban J connectivity index is 1.99. The lowest BCUT2D eigenvalue weighted by molar-refractivity contribution is -0.0170. The first-order chi connectivity index (χ1) is 6.95. The zero-order valence-electron chi connectivity index (χ0n) is 8.20. The molecular weight excluding hydrogens is 174 g/mol. The molecule has 1 fully saturated rings. The third-order valence-electron chi connectivity index (χ3n) is 3.24. The Labute approximate surface area is 84.3 Å². The SMILES string of the molecule is c1ccc2c(c1)CNC1CCCOC21. The average molecular weight is 189 g/mol. The van der Waals surface area contributed by atoms with E-state index in [1.54, 1.807) is 0 Å². The second-order valence-corrected chi connectivity index (χ2v) is 4.12. The number of nitrogens with one attached hydrogen (secondary N) is 1. The maximum absolute atomic E-state index is 5.85. The summed E-state index contributed by atoms with van der Waals surface area (Å²) in [7, 11) is 0. The molecule has 0 bridgehead atoms. The van der Waals surface area contributed by atoms with E-state index in [0.29, 0.717) is 12.1 Å². The van der Waals surface area contributed by atoms with Crippen LogP contribution in [0.3, 0.4) is 0 Å². The summed E-state index contributed by atoms with van der Waals surface area (Å²) in [5.74, 6) is 0. The van der Waals surface area contributed by atoms with Crippen LogP contribution in [0.4, 0.5) is 0 Å². The van der Waals surface area contributed by atoms with Crippen LogP contribution in [0.25, 0.3) is 0 Å². The van der Waals surface area contributed by atoms with E-state index in [1.807, 2.05) is 0 Å². The molecule has 0 aromatic heterocycles. The summed E-state index contributed by atoms with van der Waals surface area (Å²) in [5, 5.41) is 3.55. The smallest absolute Gasteiger partial charge is 0.0980 e. The zero-order valence-corrected chi connectivity index (χ0v) is 8.20. The van der Waals surface area contributed by atoms with Gasteiger partial charge in [0.15, 0.2) is 0 Å². The predicted octanol–water partition coefficient (Wildman–Crippen LogP) is 2.01. The summed E-state index contributed by atoms with van der Waals surface area (Å²) in [6.07, 6.45) is 2.74. The molecule has 2 unspecified atom stereocenters. The highest BCUT2D eigenvalue weighted by atomic mass is 16.5. The van der Waals surface area contributed by atoms with Crippen molar-refractivity contribution in [2.24, 2.45) is 0 Å². The number of hydrogen-bond acceptors (Lipinski definition) is 2. The van der Waals surface area contributed by atoms with Crippen molar-refractivity contribution in [2.45, 2.75) is 31.5 Å². The van der Waals surface area contributed by atoms with Gasteiger partial charge in [-0.1, -0.05) is 24.3 Å². The maximum Gasteiger partial charge on any atom is 0.0980 e. The molecule has 0 saturated carbocycles. The minimum absolute atomic E-state index is 0.300. The van der Waals surface area contributed by atoms with E-state index < -0.39 is 0 Å². The van der Waals surface area contributed by atoms with Crippen LogP contribution in [0, 0.1) is 0 Å². The summed E-state index contributed by atoms with van der Waals surface area (Å²) < 4.78 is 5.85. The lowest BCUT2D eigenvalue weighted by Crippen LogP contribution is -2.43. The van der Waals surface area contributed by atoms with Gasteiger partial charge >= 0.3 is 0 Å². The Bertz CT molecular complexity index is 337. The molecule has 2 heteroatoms. The molecule has 2 heterocycles. The largest absolute Gasteiger partial charge is 0.372 e. The first kappa shape index (κ1) is 8.45. The highest BCUT2D eigenvalue weighted by Gasteiger charge is 2.31. The second kappa shape index (κ2) is 3.37. The third-order valence-corrected chi connectivity index (χ3v) is 3.24. The number of rotatable bonds is 0. The van der Waals surface area contributed by atoms with E-state index in [-0.39, 0.29) is 0 Å². The average Bonchev–Trinajstić information content (AvgIpc) is 2.29. The highest BCUT2D eigenvalue weighted by molar-refractivity contribution is 5.32. The van der Waals surface area contributed by atoms with Crippen LogP contribution in [-0.4, -0.2) is 12.6 Å². The summed E-state index contributed by atoms with van der Waals surface area (Å²) in [4.78, 5) is 0. The van der Waals surface area contributed by atoms with Gasteiger partial charge in [0, 0.05) is 19.2 Å². The molecule has 1 N–H and O–H groups in total. The molecule has 2 nitrogen and oxygen atoms in total. The molecule has 2 atom stereocenters. The van der Waals surface area contributed by atoms with E-state index in [2.05, 4.69) is 29.6 Å². The highest BCUT2D eigenvalue weighted by Crippen LogP contribution is 2.33. The zero-order chi connectivity index (χ0) is 9.38. The first-order valence-electron chi connectivity index (χ1n) is 5.38. The fraction of sp³-hybridized carbons (Fsp3) is 0.500. The number of benzene rings is 1. The monoisotopic (exact) mass is 189 g/mol. The molecule has 1 aromatic carbocycles. The van der Waals surface area contributed by atoms with Crippen molar-refractivity contribution in [1.29, 1.82) is 0 Å². The molecule has 0 amide bonds. The molecule has 1 aromatic rings. The number of ether oxygens (including phenoxy) is 1. The van der Waals surface area contributed by atoms with Gasteiger partial charge in [0.25, 0.3) is 0 Å². The van der Waals surface area contributed by atoms with Crippen LogP contribution >= 0.6 is 0 Å². The summed E-state index contributed by atoms with van der Waals surface area (Å²) in [6.45, 7) is 1.91. The van der Waals surface area contributed by atoms with Gasteiger partial charge in [0.2, 0.25) is 0 Å². The Kier molecular flexibility index (Phi) is 2.03. The number of fused-ring (bicyclic) bond motifs is 3. The molecule has 14 heavy (non-hydrogen) atoms. The third kappa shape index (κ3) is 1.26. The van der Waals surface area contributed by atoms with Crippen LogP contribution in [0.2, 0.25) is 0 Å². The quantitative estimate of drug-likeness (QED) is 0.674. The van der Waals surface area contributed by atoms with Gasteiger partial charge in [-0.2, -0.15) is 0 Å². The normalized spacial score (nSPS) is 30.6. The van der Waals surface area contributed by atoms with E-state index in [4.69, 9.17) is 4.74 Å². The van der Waals surface area contributed by atoms with Crippen molar-refractivity contribution < 1.29 is 4.74 Å². The van der Waals surface area contributed by atoms with Gasteiger partial charge in [0.1, 0.15) is 0 Å². The van der Waals surface area contributed by atoms with E-state index in [9.17, 15) is 0 Å². The standard InChI is InChI=1S/C12H15NO/c1-2-5-10-9(4-1)8-13-11-6-3-7-14-12(10)11/h1-2,4-5,11-13H,3,6-8H2. The molecule has 0 spiro atoms. The van der Waals surface area contributed by atoms with Crippen molar-refractivity contribution in [1.82, 2.24) is 5.32 Å². The molecule has 0 aliphatic carbocycles. The Morgan fingerprint density at radius 1 is 1.29 bits per heavy atom. The van der Waals surface area contributed by atoms with E-state index >= 15 is 0 Å². The van der Waals surface area contributed by atoms with Crippen LogP contribution in [0.5, 0.6) is 0 Å². The van der Waals surface area contributed by atoms with Crippen LogP contribution in [0.15, 0.2) is 24.3 Å². The van der Waals surface area contributed by atoms with Gasteiger partial charge in [-0.05, 0) is 24.0 Å². The van der Waals surface area contributed by atoms with Crippen molar-refractivity contribution in [3.8, 4) is 0 Å². The Morgan fingerprint density at radius 2 is 2.21 bits per heavy atom. The summed E-state index contributed by atoms with van der Waals surface area (Å²) >= 11 is 0. The van der Waals surface area contributed by atoms with Gasteiger partial charge in [0.05, 0.1) is 6.10 Å². The fourth-order valence-corrected chi connectivity index (χ4v) is 2.51. The second-order valence-electron chi connectivity index (χ2n) is 4.12. The van der Waals surface area contributed by atoms with Gasteiger partial charge < -0.3 is 10.1 Å². The van der Waals surface area contributed by atoms with Crippen molar-refractivity contribution in [3.05, 3.63) is 35.4 Å². The molecule has 3 rings (SSSR count). The minimum Gasteiger partial charge on any atom is -0.372 e. The minimum atomic E-state index is 0.300.